The van der Waals surface area contributed by atoms with E-state index in [-0.39, 0.29) is 11.9 Å². The first-order valence-electron chi connectivity index (χ1n) is 9.81. The number of piperidine rings is 1. The lowest BCUT2D eigenvalue weighted by Gasteiger charge is -2.32. The van der Waals surface area contributed by atoms with E-state index in [1.165, 1.54) is 0 Å². The number of ether oxygens (including phenoxy) is 1. The molecule has 7 heteroatoms. The Hall–Kier alpha value is -3.35. The van der Waals surface area contributed by atoms with E-state index in [1.54, 1.807) is 0 Å². The molecule has 0 bridgehead atoms. The Labute approximate surface area is 169 Å². The molecule has 2 heterocycles. The van der Waals surface area contributed by atoms with Gasteiger partial charge in [0.15, 0.2) is 0 Å². The summed E-state index contributed by atoms with van der Waals surface area (Å²) < 4.78 is 6.07. The minimum atomic E-state index is 0.102. The van der Waals surface area contributed by atoms with Crippen molar-refractivity contribution in [1.29, 1.82) is 0 Å². The third-order valence-electron chi connectivity index (χ3n) is 5.37. The van der Waals surface area contributed by atoms with Crippen LogP contribution in [0.4, 0.5) is 11.8 Å². The SMILES string of the molecule is Cc1cccc(C(=O)N2CCC(COc3cccc4nc(N)nc(N)c34)CC2)c1. The molecule has 3 aromatic rings. The molecule has 7 nitrogen and oxygen atoms in total. The lowest BCUT2D eigenvalue weighted by Crippen LogP contribution is -2.39. The highest BCUT2D eigenvalue weighted by Gasteiger charge is 2.24. The van der Waals surface area contributed by atoms with Crippen LogP contribution in [-0.2, 0) is 0 Å². The van der Waals surface area contributed by atoms with Gasteiger partial charge in [-0.25, -0.2) is 4.98 Å². The van der Waals surface area contributed by atoms with E-state index in [0.717, 1.165) is 37.1 Å². The largest absolute Gasteiger partial charge is 0.492 e. The highest BCUT2D eigenvalue weighted by atomic mass is 16.5. The summed E-state index contributed by atoms with van der Waals surface area (Å²) in [5, 5.41) is 0.689. The molecule has 1 saturated heterocycles. The predicted octanol–water partition coefficient (Wildman–Crippen LogP) is 3.03. The maximum Gasteiger partial charge on any atom is 0.253 e. The number of rotatable bonds is 4. The van der Waals surface area contributed by atoms with Crippen molar-refractivity contribution in [3.05, 3.63) is 53.6 Å². The normalized spacial score (nSPS) is 14.9. The number of nitrogens with zero attached hydrogens (tertiary/aromatic N) is 3. The van der Waals surface area contributed by atoms with Crippen molar-refractivity contribution in [1.82, 2.24) is 14.9 Å². The summed E-state index contributed by atoms with van der Waals surface area (Å²) in [5.74, 6) is 1.62. The zero-order chi connectivity index (χ0) is 20.4. The lowest BCUT2D eigenvalue weighted by atomic mass is 9.97. The number of nitrogens with two attached hydrogens (primary N) is 2. The summed E-state index contributed by atoms with van der Waals surface area (Å²) in [6.45, 7) is 4.03. The van der Waals surface area contributed by atoms with E-state index in [1.807, 2.05) is 54.3 Å². The van der Waals surface area contributed by atoms with Crippen LogP contribution in [0.2, 0.25) is 0 Å². The number of nitrogen functional groups attached to an aromatic ring is 2. The predicted molar refractivity (Wildman–Crippen MR) is 114 cm³/mol. The molecule has 1 fully saturated rings. The maximum atomic E-state index is 12.7. The zero-order valence-corrected chi connectivity index (χ0v) is 16.5. The molecular weight excluding hydrogens is 366 g/mol. The smallest absolute Gasteiger partial charge is 0.253 e. The van der Waals surface area contributed by atoms with Crippen molar-refractivity contribution < 1.29 is 9.53 Å². The van der Waals surface area contributed by atoms with Crippen LogP contribution in [0.1, 0.15) is 28.8 Å². The van der Waals surface area contributed by atoms with Gasteiger partial charge < -0.3 is 21.1 Å². The van der Waals surface area contributed by atoms with Gasteiger partial charge in [0.2, 0.25) is 5.95 Å². The van der Waals surface area contributed by atoms with Crippen LogP contribution < -0.4 is 16.2 Å². The maximum absolute atomic E-state index is 12.7. The molecule has 1 aliphatic heterocycles. The van der Waals surface area contributed by atoms with Gasteiger partial charge in [0, 0.05) is 18.7 Å². The molecule has 29 heavy (non-hydrogen) atoms. The van der Waals surface area contributed by atoms with Crippen molar-refractivity contribution in [2.75, 3.05) is 31.2 Å². The Balaban J connectivity index is 1.37. The van der Waals surface area contributed by atoms with Gasteiger partial charge in [0.25, 0.3) is 5.91 Å². The summed E-state index contributed by atoms with van der Waals surface area (Å²) in [5.41, 5.74) is 14.2. The molecule has 0 spiro atoms. The highest BCUT2D eigenvalue weighted by Crippen LogP contribution is 2.30. The molecule has 1 aliphatic rings. The first-order valence-corrected chi connectivity index (χ1v) is 9.81. The molecule has 150 valence electrons. The average molecular weight is 391 g/mol. The van der Waals surface area contributed by atoms with Gasteiger partial charge in [-0.1, -0.05) is 23.8 Å². The minimum Gasteiger partial charge on any atom is -0.492 e. The number of hydrogen-bond acceptors (Lipinski definition) is 6. The minimum absolute atomic E-state index is 0.102. The topological polar surface area (TPSA) is 107 Å². The van der Waals surface area contributed by atoms with Crippen molar-refractivity contribution in [2.24, 2.45) is 5.92 Å². The van der Waals surface area contributed by atoms with Gasteiger partial charge in [-0.2, -0.15) is 4.98 Å². The first kappa shape index (κ1) is 19.0. The quantitative estimate of drug-likeness (QED) is 0.708. The van der Waals surface area contributed by atoms with Gasteiger partial charge in [0.1, 0.15) is 11.6 Å². The van der Waals surface area contributed by atoms with Gasteiger partial charge >= 0.3 is 0 Å². The van der Waals surface area contributed by atoms with Crippen LogP contribution in [0.5, 0.6) is 5.75 Å². The Morgan fingerprint density at radius 1 is 1.14 bits per heavy atom. The van der Waals surface area contributed by atoms with Crippen molar-refractivity contribution >= 4 is 28.6 Å². The fourth-order valence-corrected chi connectivity index (χ4v) is 3.79. The summed E-state index contributed by atoms with van der Waals surface area (Å²) in [6, 6.07) is 13.3. The van der Waals surface area contributed by atoms with E-state index < -0.39 is 0 Å². The Morgan fingerprint density at radius 2 is 1.90 bits per heavy atom. The molecular formula is C22H25N5O2. The second-order valence-electron chi connectivity index (χ2n) is 7.53. The third kappa shape index (κ3) is 4.08. The number of likely N-dealkylation sites (tertiary alicyclic amines) is 1. The molecule has 0 saturated carbocycles. The number of fused-ring (bicyclic) bond motifs is 1. The van der Waals surface area contributed by atoms with E-state index in [4.69, 9.17) is 16.2 Å². The zero-order valence-electron chi connectivity index (χ0n) is 16.5. The number of aryl methyl sites for hydroxylation is 1. The Morgan fingerprint density at radius 3 is 2.66 bits per heavy atom. The average Bonchev–Trinajstić information content (AvgIpc) is 2.71. The first-order chi connectivity index (χ1) is 14.0. The second-order valence-corrected chi connectivity index (χ2v) is 7.53. The van der Waals surface area contributed by atoms with E-state index in [9.17, 15) is 4.79 Å². The number of carbonyl (C=O) groups excluding carboxylic acids is 1. The van der Waals surface area contributed by atoms with E-state index in [0.29, 0.717) is 35.0 Å². The van der Waals surface area contributed by atoms with Crippen LogP contribution >= 0.6 is 0 Å². The van der Waals surface area contributed by atoms with Crippen LogP contribution in [-0.4, -0.2) is 40.5 Å². The molecule has 4 N–H and O–H groups in total. The van der Waals surface area contributed by atoms with Crippen LogP contribution in [0.25, 0.3) is 10.9 Å². The Kier molecular flexibility index (Phi) is 5.20. The van der Waals surface area contributed by atoms with E-state index >= 15 is 0 Å². The van der Waals surface area contributed by atoms with Crippen molar-refractivity contribution in [2.45, 2.75) is 19.8 Å². The van der Waals surface area contributed by atoms with Crippen LogP contribution in [0.15, 0.2) is 42.5 Å². The molecule has 1 amide bonds. The molecule has 0 unspecified atom stereocenters. The van der Waals surface area contributed by atoms with Crippen molar-refractivity contribution in [3.8, 4) is 5.75 Å². The summed E-state index contributed by atoms with van der Waals surface area (Å²) in [6.07, 6.45) is 1.81. The molecule has 1 aromatic heterocycles. The fourth-order valence-electron chi connectivity index (χ4n) is 3.79. The molecule has 0 aliphatic carbocycles. The second kappa shape index (κ2) is 7.95. The summed E-state index contributed by atoms with van der Waals surface area (Å²) in [7, 11) is 0. The number of amides is 1. The molecule has 2 aromatic carbocycles. The van der Waals surface area contributed by atoms with Crippen molar-refractivity contribution in [3.63, 3.8) is 0 Å². The highest BCUT2D eigenvalue weighted by molar-refractivity contribution is 5.95. The summed E-state index contributed by atoms with van der Waals surface area (Å²) >= 11 is 0. The summed E-state index contributed by atoms with van der Waals surface area (Å²) in [4.78, 5) is 22.9. The number of benzene rings is 2. The van der Waals surface area contributed by atoms with Gasteiger partial charge in [-0.05, 0) is 49.9 Å². The van der Waals surface area contributed by atoms with Crippen LogP contribution in [0, 0.1) is 12.8 Å². The fraction of sp³-hybridized carbons (Fsp3) is 0.318. The number of carbonyl (C=O) groups is 1. The van der Waals surface area contributed by atoms with Gasteiger partial charge in [-0.3, -0.25) is 4.79 Å². The number of anilines is 2. The monoisotopic (exact) mass is 391 g/mol. The standard InChI is InChI=1S/C22H25N5O2/c1-14-4-2-5-16(12-14)21(28)27-10-8-15(9-11-27)13-29-18-7-3-6-17-19(18)20(23)26-22(24)25-17/h2-7,12,15H,8-11,13H2,1H3,(H4,23,24,25,26). The Bertz CT molecular complexity index is 1040. The third-order valence-corrected chi connectivity index (χ3v) is 5.37. The van der Waals surface area contributed by atoms with Crippen LogP contribution in [0.3, 0.4) is 0 Å². The van der Waals surface area contributed by atoms with E-state index in [2.05, 4.69) is 9.97 Å². The van der Waals surface area contributed by atoms with Gasteiger partial charge in [0.05, 0.1) is 17.5 Å². The van der Waals surface area contributed by atoms with Gasteiger partial charge in [-0.15, -0.1) is 0 Å². The molecule has 0 radical (unpaired) electrons. The number of aromatic nitrogens is 2. The molecule has 4 rings (SSSR count). The molecule has 0 atom stereocenters. The lowest BCUT2D eigenvalue weighted by molar-refractivity contribution is 0.0661. The number of hydrogen-bond donors (Lipinski definition) is 2.